The van der Waals surface area contributed by atoms with Crippen LogP contribution in [0.4, 0.5) is 5.82 Å². The van der Waals surface area contributed by atoms with Crippen LogP contribution in [0.1, 0.15) is 17.2 Å². The second-order valence-corrected chi connectivity index (χ2v) is 5.65. The molecule has 1 N–H and O–H groups in total. The van der Waals surface area contributed by atoms with Crippen LogP contribution in [-0.4, -0.2) is 22.3 Å². The molecule has 1 amide bonds. The molecule has 0 aliphatic carbocycles. The van der Waals surface area contributed by atoms with Gasteiger partial charge in [0.1, 0.15) is 5.82 Å². The van der Waals surface area contributed by atoms with Gasteiger partial charge in [0.15, 0.2) is 6.10 Å². The molecule has 0 saturated carbocycles. The SMILES string of the molecule is O=C(Nc1ccnn1-c1ccccc1)[C@H]1OCCc2ccccc21. The lowest BCUT2D eigenvalue weighted by atomic mass is 9.97. The van der Waals surface area contributed by atoms with Crippen molar-refractivity contribution in [2.24, 2.45) is 0 Å². The molecule has 0 radical (unpaired) electrons. The van der Waals surface area contributed by atoms with Crippen molar-refractivity contribution in [3.8, 4) is 5.69 Å². The molecule has 0 saturated heterocycles. The zero-order chi connectivity index (χ0) is 16.4. The van der Waals surface area contributed by atoms with Gasteiger partial charge in [-0.15, -0.1) is 0 Å². The Morgan fingerprint density at radius 3 is 2.75 bits per heavy atom. The summed E-state index contributed by atoms with van der Waals surface area (Å²) in [5.74, 6) is 0.442. The lowest BCUT2D eigenvalue weighted by Gasteiger charge is -2.25. The number of rotatable bonds is 3. The average Bonchev–Trinajstić information content (AvgIpc) is 3.10. The van der Waals surface area contributed by atoms with E-state index in [2.05, 4.69) is 10.4 Å². The van der Waals surface area contributed by atoms with E-state index in [9.17, 15) is 4.79 Å². The second-order valence-electron chi connectivity index (χ2n) is 5.65. The Kier molecular flexibility index (Phi) is 3.84. The Bertz CT molecular complexity index is 858. The molecule has 2 heterocycles. The maximum Gasteiger partial charge on any atom is 0.259 e. The molecular weight excluding hydrogens is 302 g/mol. The van der Waals surface area contributed by atoms with Crippen molar-refractivity contribution in [2.45, 2.75) is 12.5 Å². The van der Waals surface area contributed by atoms with Crippen LogP contribution in [0.15, 0.2) is 66.9 Å². The van der Waals surface area contributed by atoms with Crippen molar-refractivity contribution in [1.82, 2.24) is 9.78 Å². The maximum atomic E-state index is 12.7. The third-order valence-electron chi connectivity index (χ3n) is 4.13. The highest BCUT2D eigenvalue weighted by atomic mass is 16.5. The predicted molar refractivity (Wildman–Crippen MR) is 91.0 cm³/mol. The van der Waals surface area contributed by atoms with Crippen LogP contribution < -0.4 is 5.32 Å². The van der Waals surface area contributed by atoms with Crippen LogP contribution >= 0.6 is 0 Å². The standard InChI is InChI=1S/C19H17N3O2/c23-19(18-16-9-5-4-6-14(16)11-13-24-18)21-17-10-12-20-22(17)15-7-2-1-3-8-15/h1-10,12,18H,11,13H2,(H,21,23)/t18-/m0/s1. The van der Waals surface area contributed by atoms with Crippen LogP contribution in [0.5, 0.6) is 0 Å². The Labute approximate surface area is 139 Å². The summed E-state index contributed by atoms with van der Waals surface area (Å²) in [6.07, 6.45) is 1.91. The van der Waals surface area contributed by atoms with Gasteiger partial charge in [-0.25, -0.2) is 4.68 Å². The fourth-order valence-electron chi connectivity index (χ4n) is 2.98. The van der Waals surface area contributed by atoms with Gasteiger partial charge in [-0.3, -0.25) is 4.79 Å². The highest BCUT2D eigenvalue weighted by Crippen LogP contribution is 2.28. The highest BCUT2D eigenvalue weighted by molar-refractivity contribution is 5.94. The third-order valence-corrected chi connectivity index (χ3v) is 4.13. The number of nitrogens with one attached hydrogen (secondary N) is 1. The summed E-state index contributed by atoms with van der Waals surface area (Å²) in [5.41, 5.74) is 3.00. The predicted octanol–water partition coefficient (Wildman–Crippen LogP) is 3.12. The molecule has 1 aromatic heterocycles. The molecule has 1 aliphatic heterocycles. The highest BCUT2D eigenvalue weighted by Gasteiger charge is 2.27. The summed E-state index contributed by atoms with van der Waals surface area (Å²) in [4.78, 5) is 12.7. The topological polar surface area (TPSA) is 56.2 Å². The first-order valence-electron chi connectivity index (χ1n) is 7.92. The molecule has 1 aliphatic rings. The number of ether oxygens (including phenoxy) is 1. The summed E-state index contributed by atoms with van der Waals surface area (Å²) in [5, 5.41) is 7.23. The van der Waals surface area contributed by atoms with E-state index in [4.69, 9.17) is 4.74 Å². The van der Waals surface area contributed by atoms with E-state index in [1.807, 2.05) is 54.6 Å². The van der Waals surface area contributed by atoms with Gasteiger partial charge in [0, 0.05) is 6.07 Å². The first kappa shape index (κ1) is 14.7. The molecule has 0 unspecified atom stereocenters. The number of carbonyl (C=O) groups is 1. The molecule has 120 valence electrons. The van der Waals surface area contributed by atoms with Crippen LogP contribution in [0.25, 0.3) is 5.69 Å². The number of nitrogens with zero attached hydrogens (tertiary/aromatic N) is 2. The minimum absolute atomic E-state index is 0.181. The van der Waals surface area contributed by atoms with Crippen LogP contribution in [0.2, 0.25) is 0 Å². The number of hydrogen-bond acceptors (Lipinski definition) is 3. The van der Waals surface area contributed by atoms with Crippen LogP contribution in [0.3, 0.4) is 0 Å². The number of para-hydroxylation sites is 1. The zero-order valence-electron chi connectivity index (χ0n) is 13.1. The average molecular weight is 319 g/mol. The second kappa shape index (κ2) is 6.29. The molecule has 4 rings (SSSR count). The van der Waals surface area contributed by atoms with Crippen molar-refractivity contribution in [3.05, 3.63) is 78.0 Å². The number of aromatic nitrogens is 2. The first-order chi connectivity index (χ1) is 11.8. The van der Waals surface area contributed by atoms with Gasteiger partial charge in [0.05, 0.1) is 18.5 Å². The minimum Gasteiger partial charge on any atom is -0.363 e. The Balaban J connectivity index is 1.60. The van der Waals surface area contributed by atoms with Crippen LogP contribution in [-0.2, 0) is 16.0 Å². The van der Waals surface area contributed by atoms with Crippen molar-refractivity contribution in [2.75, 3.05) is 11.9 Å². The lowest BCUT2D eigenvalue weighted by Crippen LogP contribution is -2.29. The molecule has 24 heavy (non-hydrogen) atoms. The molecule has 3 aromatic rings. The van der Waals surface area contributed by atoms with Gasteiger partial charge in [0.25, 0.3) is 5.91 Å². The van der Waals surface area contributed by atoms with E-state index < -0.39 is 6.10 Å². The molecule has 2 aromatic carbocycles. The van der Waals surface area contributed by atoms with Gasteiger partial charge < -0.3 is 10.1 Å². The monoisotopic (exact) mass is 319 g/mol. The zero-order valence-corrected chi connectivity index (χ0v) is 13.1. The summed E-state index contributed by atoms with van der Waals surface area (Å²) < 4.78 is 7.42. The molecule has 1 atom stereocenters. The molecule has 0 spiro atoms. The molecular formula is C19H17N3O2. The number of carbonyl (C=O) groups excluding carboxylic acids is 1. The third kappa shape index (κ3) is 2.70. The van der Waals surface area contributed by atoms with Crippen LogP contribution in [0, 0.1) is 0 Å². The van der Waals surface area contributed by atoms with Gasteiger partial charge in [-0.2, -0.15) is 5.10 Å². The molecule has 5 nitrogen and oxygen atoms in total. The normalized spacial score (nSPS) is 16.4. The van der Waals surface area contributed by atoms with Gasteiger partial charge in [0.2, 0.25) is 0 Å². The molecule has 0 fully saturated rings. The van der Waals surface area contributed by atoms with E-state index in [0.29, 0.717) is 12.4 Å². The van der Waals surface area contributed by atoms with Gasteiger partial charge in [-0.05, 0) is 29.7 Å². The fourth-order valence-corrected chi connectivity index (χ4v) is 2.98. The minimum atomic E-state index is -0.589. The quantitative estimate of drug-likeness (QED) is 0.807. The number of fused-ring (bicyclic) bond motifs is 1. The van der Waals surface area contributed by atoms with Crippen molar-refractivity contribution < 1.29 is 9.53 Å². The smallest absolute Gasteiger partial charge is 0.259 e. The van der Waals surface area contributed by atoms with Gasteiger partial charge >= 0.3 is 0 Å². The number of anilines is 1. The number of amides is 1. The van der Waals surface area contributed by atoms with Crippen molar-refractivity contribution >= 4 is 11.7 Å². The summed E-state index contributed by atoms with van der Waals surface area (Å²) in [6, 6.07) is 19.4. The number of benzene rings is 2. The molecule has 0 bridgehead atoms. The summed E-state index contributed by atoms with van der Waals surface area (Å²) in [6.45, 7) is 0.549. The summed E-state index contributed by atoms with van der Waals surface area (Å²) >= 11 is 0. The maximum absolute atomic E-state index is 12.7. The Morgan fingerprint density at radius 2 is 1.88 bits per heavy atom. The van der Waals surface area contributed by atoms with E-state index >= 15 is 0 Å². The summed E-state index contributed by atoms with van der Waals surface area (Å²) in [7, 11) is 0. The fraction of sp³-hybridized carbons (Fsp3) is 0.158. The van der Waals surface area contributed by atoms with E-state index in [0.717, 1.165) is 17.7 Å². The number of hydrogen-bond donors (Lipinski definition) is 1. The lowest BCUT2D eigenvalue weighted by molar-refractivity contribution is -0.128. The van der Waals surface area contributed by atoms with Crippen molar-refractivity contribution in [1.29, 1.82) is 0 Å². The van der Waals surface area contributed by atoms with E-state index in [1.54, 1.807) is 16.9 Å². The van der Waals surface area contributed by atoms with Crippen molar-refractivity contribution in [3.63, 3.8) is 0 Å². The van der Waals surface area contributed by atoms with E-state index in [-0.39, 0.29) is 5.91 Å². The largest absolute Gasteiger partial charge is 0.363 e. The van der Waals surface area contributed by atoms with E-state index in [1.165, 1.54) is 5.56 Å². The van der Waals surface area contributed by atoms with Gasteiger partial charge in [-0.1, -0.05) is 42.5 Å². The Morgan fingerprint density at radius 1 is 1.08 bits per heavy atom. The molecule has 5 heteroatoms. The first-order valence-corrected chi connectivity index (χ1v) is 7.92. The Hall–Kier alpha value is -2.92.